The van der Waals surface area contributed by atoms with E-state index in [-0.39, 0.29) is 5.56 Å². The number of nitrogens with zero attached hydrogens (tertiary/aromatic N) is 2. The van der Waals surface area contributed by atoms with Crippen molar-refractivity contribution in [2.24, 2.45) is 5.73 Å². The SMILES string of the molecule is NC(=O)c1cnc(F)c([N+](=O)[O-])c1. The number of nitro groups is 1. The molecule has 1 amide bonds. The topological polar surface area (TPSA) is 99.1 Å². The minimum atomic E-state index is -1.24. The number of primary amides is 1. The summed E-state index contributed by atoms with van der Waals surface area (Å²) in [4.78, 5) is 22.7. The van der Waals surface area contributed by atoms with Crippen LogP contribution in [0.3, 0.4) is 0 Å². The van der Waals surface area contributed by atoms with E-state index in [1.807, 2.05) is 0 Å². The van der Waals surface area contributed by atoms with Crippen molar-refractivity contribution >= 4 is 11.6 Å². The number of rotatable bonds is 2. The van der Waals surface area contributed by atoms with E-state index in [1.165, 1.54) is 0 Å². The van der Waals surface area contributed by atoms with Gasteiger partial charge in [0.05, 0.1) is 10.5 Å². The van der Waals surface area contributed by atoms with Crippen molar-refractivity contribution < 1.29 is 14.1 Å². The van der Waals surface area contributed by atoms with Crippen LogP contribution in [0.1, 0.15) is 10.4 Å². The number of carbonyl (C=O) groups excluding carboxylic acids is 1. The van der Waals surface area contributed by atoms with Gasteiger partial charge in [0.15, 0.2) is 0 Å². The Hall–Kier alpha value is -2.05. The minimum absolute atomic E-state index is 0.201. The van der Waals surface area contributed by atoms with Crippen LogP contribution in [0.4, 0.5) is 10.1 Å². The van der Waals surface area contributed by atoms with Crippen LogP contribution < -0.4 is 5.73 Å². The number of carbonyl (C=O) groups is 1. The van der Waals surface area contributed by atoms with Gasteiger partial charge in [-0.2, -0.15) is 4.39 Å². The fourth-order valence-corrected chi connectivity index (χ4v) is 0.699. The van der Waals surface area contributed by atoms with Crippen LogP contribution in [0.25, 0.3) is 0 Å². The molecular formula is C6H4FN3O3. The van der Waals surface area contributed by atoms with Crippen molar-refractivity contribution in [2.75, 3.05) is 0 Å². The first-order valence-electron chi connectivity index (χ1n) is 3.12. The molecule has 0 atom stereocenters. The second-order valence-electron chi connectivity index (χ2n) is 2.16. The van der Waals surface area contributed by atoms with E-state index in [2.05, 4.69) is 4.98 Å². The Kier molecular flexibility index (Phi) is 2.18. The van der Waals surface area contributed by atoms with Gasteiger partial charge in [-0.25, -0.2) is 4.98 Å². The second kappa shape index (κ2) is 3.13. The van der Waals surface area contributed by atoms with E-state index in [0.717, 1.165) is 12.3 Å². The third-order valence-electron chi connectivity index (χ3n) is 1.30. The van der Waals surface area contributed by atoms with Crippen LogP contribution in [0.5, 0.6) is 0 Å². The Morgan fingerprint density at radius 3 is 2.77 bits per heavy atom. The number of pyridine rings is 1. The molecule has 1 heterocycles. The predicted octanol–water partition coefficient (Wildman–Crippen LogP) is 0.228. The molecule has 0 spiro atoms. The summed E-state index contributed by atoms with van der Waals surface area (Å²) < 4.78 is 12.6. The van der Waals surface area contributed by atoms with E-state index in [0.29, 0.717) is 0 Å². The summed E-state index contributed by atoms with van der Waals surface area (Å²) in [6, 6.07) is 0.741. The van der Waals surface area contributed by atoms with Crippen molar-refractivity contribution in [3.05, 3.63) is 33.9 Å². The van der Waals surface area contributed by atoms with E-state index in [1.54, 1.807) is 0 Å². The summed E-state index contributed by atoms with van der Waals surface area (Å²) in [5.41, 5.74) is 3.74. The van der Waals surface area contributed by atoms with E-state index >= 15 is 0 Å². The van der Waals surface area contributed by atoms with Gasteiger partial charge in [0.1, 0.15) is 0 Å². The molecule has 13 heavy (non-hydrogen) atoms. The quantitative estimate of drug-likeness (QED) is 0.404. The maximum atomic E-state index is 12.6. The smallest absolute Gasteiger partial charge is 0.324 e. The molecule has 68 valence electrons. The highest BCUT2D eigenvalue weighted by Gasteiger charge is 2.17. The molecule has 0 aliphatic rings. The molecule has 0 bridgehead atoms. The Morgan fingerprint density at radius 2 is 2.31 bits per heavy atom. The molecule has 0 saturated carbocycles. The maximum absolute atomic E-state index is 12.6. The number of amides is 1. The molecule has 7 heteroatoms. The van der Waals surface area contributed by atoms with Crippen molar-refractivity contribution in [2.45, 2.75) is 0 Å². The molecule has 0 saturated heterocycles. The Balaban J connectivity index is 3.27. The average Bonchev–Trinajstić information content (AvgIpc) is 2.04. The molecule has 0 fully saturated rings. The molecule has 0 aliphatic heterocycles. The zero-order chi connectivity index (χ0) is 10.0. The maximum Gasteiger partial charge on any atom is 0.324 e. The molecule has 0 unspecified atom stereocenters. The fraction of sp³-hybridized carbons (Fsp3) is 0. The lowest BCUT2D eigenvalue weighted by molar-refractivity contribution is -0.388. The van der Waals surface area contributed by atoms with Gasteiger partial charge in [0.2, 0.25) is 0 Å². The van der Waals surface area contributed by atoms with Gasteiger partial charge < -0.3 is 5.73 Å². The van der Waals surface area contributed by atoms with Crippen molar-refractivity contribution in [1.29, 1.82) is 0 Å². The van der Waals surface area contributed by atoms with Crippen LogP contribution in [-0.2, 0) is 0 Å². The van der Waals surface area contributed by atoms with Gasteiger partial charge in [-0.1, -0.05) is 0 Å². The van der Waals surface area contributed by atoms with Crippen molar-refractivity contribution in [1.82, 2.24) is 4.98 Å². The van der Waals surface area contributed by atoms with Crippen LogP contribution in [-0.4, -0.2) is 15.8 Å². The average molecular weight is 185 g/mol. The lowest BCUT2D eigenvalue weighted by Crippen LogP contribution is -2.12. The first-order valence-corrected chi connectivity index (χ1v) is 3.12. The van der Waals surface area contributed by atoms with Gasteiger partial charge in [-0.15, -0.1) is 0 Å². The van der Waals surface area contributed by atoms with E-state index in [4.69, 9.17) is 5.73 Å². The highest BCUT2D eigenvalue weighted by molar-refractivity contribution is 5.92. The Labute approximate surface area is 71.3 Å². The number of hydrogen-bond donors (Lipinski definition) is 1. The van der Waals surface area contributed by atoms with Gasteiger partial charge in [-0.05, 0) is 0 Å². The van der Waals surface area contributed by atoms with Gasteiger partial charge >= 0.3 is 5.69 Å². The number of halogens is 1. The third-order valence-corrected chi connectivity index (χ3v) is 1.30. The third kappa shape index (κ3) is 1.75. The first kappa shape index (κ1) is 9.04. The summed E-state index contributed by atoms with van der Waals surface area (Å²) in [6.07, 6.45) is 0.838. The Morgan fingerprint density at radius 1 is 1.69 bits per heavy atom. The number of hydrogen-bond acceptors (Lipinski definition) is 4. The second-order valence-corrected chi connectivity index (χ2v) is 2.16. The number of nitrogens with two attached hydrogens (primary N) is 1. The summed E-state index contributed by atoms with van der Waals surface area (Å²) in [5, 5.41) is 10.2. The zero-order valence-electron chi connectivity index (χ0n) is 6.23. The summed E-state index contributed by atoms with van der Waals surface area (Å²) in [5.74, 6) is -2.13. The first-order chi connectivity index (χ1) is 6.02. The molecule has 1 aromatic heterocycles. The highest BCUT2D eigenvalue weighted by Crippen LogP contribution is 2.15. The normalized spacial score (nSPS) is 9.62. The number of aromatic nitrogens is 1. The van der Waals surface area contributed by atoms with Crippen LogP contribution >= 0.6 is 0 Å². The highest BCUT2D eigenvalue weighted by atomic mass is 19.1. The van der Waals surface area contributed by atoms with Crippen LogP contribution in [0.15, 0.2) is 12.3 Å². The van der Waals surface area contributed by atoms with Crippen LogP contribution in [0, 0.1) is 16.1 Å². The largest absolute Gasteiger partial charge is 0.366 e. The van der Waals surface area contributed by atoms with E-state index < -0.39 is 22.5 Å². The van der Waals surface area contributed by atoms with Crippen LogP contribution in [0.2, 0.25) is 0 Å². The molecular weight excluding hydrogens is 181 g/mol. The van der Waals surface area contributed by atoms with Crippen molar-refractivity contribution in [3.8, 4) is 0 Å². The lowest BCUT2D eigenvalue weighted by Gasteiger charge is -1.95. The molecule has 6 nitrogen and oxygen atoms in total. The molecule has 0 aromatic carbocycles. The predicted molar refractivity (Wildman–Crippen MR) is 39.4 cm³/mol. The Bertz CT molecular complexity index is 379. The fourth-order valence-electron chi connectivity index (χ4n) is 0.699. The summed E-state index contributed by atoms with van der Waals surface area (Å²) >= 11 is 0. The molecule has 2 N–H and O–H groups in total. The standard InChI is InChI=1S/C6H4FN3O3/c7-5-4(10(12)13)1-3(2-9-5)6(8)11/h1-2H,(H2,8,11). The molecule has 1 rings (SSSR count). The monoisotopic (exact) mass is 185 g/mol. The van der Waals surface area contributed by atoms with Crippen molar-refractivity contribution in [3.63, 3.8) is 0 Å². The van der Waals surface area contributed by atoms with Gasteiger partial charge in [-0.3, -0.25) is 14.9 Å². The summed E-state index contributed by atoms with van der Waals surface area (Å²) in [6.45, 7) is 0. The van der Waals surface area contributed by atoms with Gasteiger partial charge in [0.25, 0.3) is 11.9 Å². The summed E-state index contributed by atoms with van der Waals surface area (Å²) in [7, 11) is 0. The zero-order valence-corrected chi connectivity index (χ0v) is 6.23. The molecule has 0 aliphatic carbocycles. The molecule has 1 aromatic rings. The minimum Gasteiger partial charge on any atom is -0.366 e. The molecule has 0 radical (unpaired) electrons. The van der Waals surface area contributed by atoms with Gasteiger partial charge in [0, 0.05) is 12.3 Å². The lowest BCUT2D eigenvalue weighted by atomic mass is 10.2. The van der Waals surface area contributed by atoms with E-state index in [9.17, 15) is 19.3 Å².